The van der Waals surface area contributed by atoms with Crippen LogP contribution in [-0.4, -0.2) is 18.7 Å². The van der Waals surface area contributed by atoms with Crippen LogP contribution in [0.1, 0.15) is 25.3 Å². The summed E-state index contributed by atoms with van der Waals surface area (Å²) >= 11 is 0. The molecule has 124 valence electrons. The molecule has 24 heavy (non-hydrogen) atoms. The second-order valence-corrected chi connectivity index (χ2v) is 5.97. The van der Waals surface area contributed by atoms with Gasteiger partial charge in [-0.25, -0.2) is 4.98 Å². The van der Waals surface area contributed by atoms with Gasteiger partial charge in [0.15, 0.2) is 17.1 Å². The Hall–Kier alpha value is -2.75. The third-order valence-corrected chi connectivity index (χ3v) is 3.49. The largest absolute Gasteiger partial charge is 0.493 e. The van der Waals surface area contributed by atoms with Crippen LogP contribution < -0.4 is 9.47 Å². The van der Waals surface area contributed by atoms with Gasteiger partial charge in [0.05, 0.1) is 13.7 Å². The molecule has 0 aliphatic rings. The molecular formula is C20H21NO3. The van der Waals surface area contributed by atoms with E-state index in [-0.39, 0.29) is 0 Å². The van der Waals surface area contributed by atoms with Crippen molar-refractivity contribution < 1.29 is 13.9 Å². The number of ether oxygens (including phenoxy) is 2. The maximum absolute atomic E-state index is 5.83. The van der Waals surface area contributed by atoms with Gasteiger partial charge in [-0.15, -0.1) is 0 Å². The van der Waals surface area contributed by atoms with E-state index >= 15 is 0 Å². The quantitative estimate of drug-likeness (QED) is 0.637. The van der Waals surface area contributed by atoms with E-state index in [0.29, 0.717) is 18.4 Å². The van der Waals surface area contributed by atoms with Crippen LogP contribution in [-0.2, 0) is 0 Å². The minimum Gasteiger partial charge on any atom is -0.493 e. The molecule has 4 nitrogen and oxygen atoms in total. The second-order valence-electron chi connectivity index (χ2n) is 5.97. The van der Waals surface area contributed by atoms with Gasteiger partial charge in [-0.05, 0) is 41.8 Å². The van der Waals surface area contributed by atoms with Crippen LogP contribution in [0.15, 0.2) is 46.9 Å². The average Bonchev–Trinajstić information content (AvgIpc) is 3.01. The van der Waals surface area contributed by atoms with E-state index in [2.05, 4.69) is 18.8 Å². The summed E-state index contributed by atoms with van der Waals surface area (Å²) in [6, 6.07) is 13.6. The van der Waals surface area contributed by atoms with Crippen LogP contribution in [0.25, 0.3) is 23.3 Å². The molecule has 0 saturated heterocycles. The van der Waals surface area contributed by atoms with Crippen molar-refractivity contribution in [1.82, 2.24) is 4.98 Å². The summed E-state index contributed by atoms with van der Waals surface area (Å²) in [5.41, 5.74) is 2.64. The van der Waals surface area contributed by atoms with Crippen LogP contribution in [0.4, 0.5) is 0 Å². The number of nitrogens with zero attached hydrogens (tertiary/aromatic N) is 1. The van der Waals surface area contributed by atoms with Gasteiger partial charge in [0.2, 0.25) is 5.89 Å². The van der Waals surface area contributed by atoms with Crippen molar-refractivity contribution >= 4 is 23.3 Å². The Morgan fingerprint density at radius 3 is 2.67 bits per heavy atom. The van der Waals surface area contributed by atoms with Crippen molar-refractivity contribution in [1.29, 1.82) is 0 Å². The first kappa shape index (κ1) is 16.1. The number of para-hydroxylation sites is 2. The van der Waals surface area contributed by atoms with Gasteiger partial charge in [0.1, 0.15) is 5.52 Å². The Morgan fingerprint density at radius 1 is 1.08 bits per heavy atom. The molecule has 0 saturated carbocycles. The predicted molar refractivity (Wildman–Crippen MR) is 96.3 cm³/mol. The van der Waals surface area contributed by atoms with Crippen LogP contribution in [0.2, 0.25) is 0 Å². The van der Waals surface area contributed by atoms with Crippen molar-refractivity contribution in [2.45, 2.75) is 13.8 Å². The zero-order valence-electron chi connectivity index (χ0n) is 14.2. The normalized spacial score (nSPS) is 11.5. The van der Waals surface area contributed by atoms with Crippen LogP contribution in [0, 0.1) is 5.92 Å². The third kappa shape index (κ3) is 3.77. The molecule has 1 aromatic heterocycles. The van der Waals surface area contributed by atoms with E-state index < -0.39 is 0 Å². The molecule has 0 aliphatic heterocycles. The first-order valence-electron chi connectivity index (χ1n) is 8.00. The number of methoxy groups -OCH3 is 1. The summed E-state index contributed by atoms with van der Waals surface area (Å²) in [5.74, 6) is 2.51. The molecule has 0 bridgehead atoms. The number of rotatable bonds is 6. The molecule has 0 amide bonds. The molecule has 0 aliphatic carbocycles. The van der Waals surface area contributed by atoms with Gasteiger partial charge < -0.3 is 13.9 Å². The van der Waals surface area contributed by atoms with E-state index in [1.807, 2.05) is 54.6 Å². The summed E-state index contributed by atoms with van der Waals surface area (Å²) in [6.45, 7) is 4.88. The Labute approximate surface area is 141 Å². The molecule has 1 heterocycles. The van der Waals surface area contributed by atoms with E-state index in [0.717, 1.165) is 28.2 Å². The minimum absolute atomic E-state index is 0.452. The highest BCUT2D eigenvalue weighted by Gasteiger charge is 2.06. The number of hydrogen-bond acceptors (Lipinski definition) is 4. The molecule has 4 heteroatoms. The lowest BCUT2D eigenvalue weighted by molar-refractivity contribution is 0.257. The molecule has 0 N–H and O–H groups in total. The van der Waals surface area contributed by atoms with Gasteiger partial charge >= 0.3 is 0 Å². The van der Waals surface area contributed by atoms with Crippen molar-refractivity contribution in [2.75, 3.05) is 13.7 Å². The molecule has 2 aromatic carbocycles. The number of hydrogen-bond donors (Lipinski definition) is 0. The molecule has 3 aromatic rings. The fourth-order valence-corrected chi connectivity index (χ4v) is 2.30. The average molecular weight is 323 g/mol. The maximum atomic E-state index is 5.83. The lowest BCUT2D eigenvalue weighted by Crippen LogP contribution is -2.05. The Kier molecular flexibility index (Phi) is 4.85. The zero-order valence-corrected chi connectivity index (χ0v) is 14.2. The maximum Gasteiger partial charge on any atom is 0.220 e. The molecule has 0 atom stereocenters. The van der Waals surface area contributed by atoms with Crippen molar-refractivity contribution in [3.63, 3.8) is 0 Å². The van der Waals surface area contributed by atoms with Crippen molar-refractivity contribution in [3.05, 3.63) is 53.9 Å². The Balaban J connectivity index is 1.81. The fraction of sp³-hybridized carbons (Fsp3) is 0.250. The van der Waals surface area contributed by atoms with Gasteiger partial charge in [-0.1, -0.05) is 32.0 Å². The molecule has 0 unspecified atom stereocenters. The van der Waals surface area contributed by atoms with E-state index in [1.165, 1.54) is 0 Å². The van der Waals surface area contributed by atoms with Crippen LogP contribution >= 0.6 is 0 Å². The molecule has 0 radical (unpaired) electrons. The summed E-state index contributed by atoms with van der Waals surface area (Å²) in [4.78, 5) is 4.43. The lowest BCUT2D eigenvalue weighted by atomic mass is 10.2. The molecular weight excluding hydrogens is 302 g/mol. The highest BCUT2D eigenvalue weighted by Crippen LogP contribution is 2.29. The van der Waals surface area contributed by atoms with Crippen LogP contribution in [0.3, 0.4) is 0 Å². The minimum atomic E-state index is 0.452. The molecule has 0 spiro atoms. The topological polar surface area (TPSA) is 44.5 Å². The summed E-state index contributed by atoms with van der Waals surface area (Å²) in [5, 5.41) is 0. The number of oxazole rings is 1. The monoisotopic (exact) mass is 323 g/mol. The van der Waals surface area contributed by atoms with Crippen LogP contribution in [0.5, 0.6) is 11.5 Å². The number of aromatic nitrogens is 1. The summed E-state index contributed by atoms with van der Waals surface area (Å²) in [6.07, 6.45) is 3.81. The van der Waals surface area contributed by atoms with Gasteiger partial charge in [0, 0.05) is 6.08 Å². The highest BCUT2D eigenvalue weighted by molar-refractivity contribution is 5.76. The van der Waals surface area contributed by atoms with Gasteiger partial charge in [0.25, 0.3) is 0 Å². The second kappa shape index (κ2) is 7.21. The first-order chi connectivity index (χ1) is 11.7. The standard InChI is InChI=1S/C20H21NO3/c1-14(2)13-23-19-12-15(8-10-18(19)22-3)9-11-20-21-16-6-4-5-7-17(16)24-20/h4-12,14H,13H2,1-3H3/b11-9+. The van der Waals surface area contributed by atoms with Gasteiger partial charge in [-0.2, -0.15) is 0 Å². The van der Waals surface area contributed by atoms with Gasteiger partial charge in [-0.3, -0.25) is 0 Å². The van der Waals surface area contributed by atoms with Crippen molar-refractivity contribution in [2.24, 2.45) is 5.92 Å². The Bertz CT molecular complexity index is 816. The SMILES string of the molecule is COc1ccc(/C=C/c2nc3ccccc3o2)cc1OCC(C)C. The predicted octanol–water partition coefficient (Wildman–Crippen LogP) is 5.04. The zero-order chi connectivity index (χ0) is 16.9. The van der Waals surface area contributed by atoms with Crippen molar-refractivity contribution in [3.8, 4) is 11.5 Å². The first-order valence-corrected chi connectivity index (χ1v) is 8.00. The Morgan fingerprint density at radius 2 is 1.92 bits per heavy atom. The molecule has 3 rings (SSSR count). The number of benzene rings is 2. The summed E-state index contributed by atoms with van der Waals surface area (Å²) in [7, 11) is 1.64. The van der Waals surface area contributed by atoms with E-state index in [4.69, 9.17) is 13.9 Å². The third-order valence-electron chi connectivity index (χ3n) is 3.49. The lowest BCUT2D eigenvalue weighted by Gasteiger charge is -2.12. The van der Waals surface area contributed by atoms with E-state index in [1.54, 1.807) is 7.11 Å². The fourth-order valence-electron chi connectivity index (χ4n) is 2.30. The highest BCUT2D eigenvalue weighted by atomic mass is 16.5. The number of fused-ring (bicyclic) bond motifs is 1. The molecule has 0 fully saturated rings. The smallest absolute Gasteiger partial charge is 0.220 e. The summed E-state index contributed by atoms with van der Waals surface area (Å²) < 4.78 is 16.9. The van der Waals surface area contributed by atoms with E-state index in [9.17, 15) is 0 Å².